The summed E-state index contributed by atoms with van der Waals surface area (Å²) < 4.78 is 5.62. The lowest BCUT2D eigenvalue weighted by Gasteiger charge is -2.59. The van der Waals surface area contributed by atoms with Gasteiger partial charge >= 0.3 is 0 Å². The number of nitro groups is 1. The van der Waals surface area contributed by atoms with Crippen LogP contribution in [0, 0.1) is 21.4 Å². The second-order valence-corrected chi connectivity index (χ2v) is 6.99. The van der Waals surface area contributed by atoms with Gasteiger partial charge in [-0.2, -0.15) is 0 Å². The van der Waals surface area contributed by atoms with Gasteiger partial charge < -0.3 is 15.4 Å². The Kier molecular flexibility index (Phi) is 6.54. The number of carbonyl (C=O) groups is 2. The molecule has 2 N–H and O–H groups in total. The maximum Gasteiger partial charge on any atom is 0.270 e. The van der Waals surface area contributed by atoms with Gasteiger partial charge in [0, 0.05) is 42.2 Å². The van der Waals surface area contributed by atoms with Crippen molar-refractivity contribution in [2.45, 2.75) is 45.8 Å². The predicted molar refractivity (Wildman–Crippen MR) is 100 cm³/mol. The van der Waals surface area contributed by atoms with Gasteiger partial charge in [0.25, 0.3) is 11.6 Å². The number of rotatable bonds is 8. The molecule has 1 fully saturated rings. The van der Waals surface area contributed by atoms with Gasteiger partial charge in [-0.3, -0.25) is 19.7 Å². The monoisotopic (exact) mass is 377 g/mol. The smallest absolute Gasteiger partial charge is 0.270 e. The van der Waals surface area contributed by atoms with Gasteiger partial charge in [0.05, 0.1) is 17.6 Å². The summed E-state index contributed by atoms with van der Waals surface area (Å²) in [5.74, 6) is -0.625. The van der Waals surface area contributed by atoms with Crippen LogP contribution in [0.25, 0.3) is 0 Å². The van der Waals surface area contributed by atoms with Gasteiger partial charge in [-0.05, 0) is 18.9 Å². The Hall–Kier alpha value is -2.48. The summed E-state index contributed by atoms with van der Waals surface area (Å²) in [4.78, 5) is 34.7. The number of methoxy groups -OCH3 is 1. The number of hydrogen-bond donors (Lipinski definition) is 2. The first-order chi connectivity index (χ1) is 12.8. The van der Waals surface area contributed by atoms with E-state index in [4.69, 9.17) is 4.74 Å². The Labute approximate surface area is 158 Å². The Bertz CT molecular complexity index is 717. The number of nitro benzene ring substituents is 1. The molecule has 2 rings (SSSR count). The first kappa shape index (κ1) is 20.8. The second-order valence-electron chi connectivity index (χ2n) is 6.99. The average molecular weight is 377 g/mol. The number of ether oxygens (including phenoxy) is 1. The number of carbonyl (C=O) groups excluding carboxylic acids is 2. The van der Waals surface area contributed by atoms with E-state index in [1.807, 2.05) is 6.92 Å². The molecule has 0 radical (unpaired) electrons. The second kappa shape index (κ2) is 8.47. The van der Waals surface area contributed by atoms with E-state index in [0.29, 0.717) is 0 Å². The van der Waals surface area contributed by atoms with Crippen LogP contribution in [0.15, 0.2) is 24.3 Å². The molecule has 2 amide bonds. The van der Waals surface area contributed by atoms with Crippen LogP contribution >= 0.6 is 0 Å². The van der Waals surface area contributed by atoms with Crippen molar-refractivity contribution in [3.8, 4) is 0 Å². The highest BCUT2D eigenvalue weighted by Crippen LogP contribution is 2.52. The fourth-order valence-corrected chi connectivity index (χ4v) is 4.34. The molecular formula is C19H27N3O5. The number of amides is 2. The largest absolute Gasteiger partial charge is 0.380 e. The highest BCUT2D eigenvalue weighted by atomic mass is 16.6. The lowest BCUT2D eigenvalue weighted by molar-refractivity contribution is -0.384. The minimum Gasteiger partial charge on any atom is -0.380 e. The van der Waals surface area contributed by atoms with Crippen molar-refractivity contribution >= 4 is 17.5 Å². The lowest BCUT2D eigenvalue weighted by Crippen LogP contribution is -2.70. The summed E-state index contributed by atoms with van der Waals surface area (Å²) >= 11 is 0. The van der Waals surface area contributed by atoms with Crippen LogP contribution in [-0.2, 0) is 9.53 Å². The van der Waals surface area contributed by atoms with Gasteiger partial charge in [-0.1, -0.05) is 26.8 Å². The SMILES string of the molecule is CCC1(CC)[C@H](NC(=O)CNC(=O)c2cccc([N+](=O)[O-])c2)[C@@H](C)[C@H]1OC. The molecule has 0 aliphatic heterocycles. The molecule has 8 heteroatoms. The predicted octanol–water partition coefficient (Wildman–Crippen LogP) is 2.28. The lowest BCUT2D eigenvalue weighted by atomic mass is 9.53. The number of nitrogens with zero attached hydrogens (tertiary/aromatic N) is 1. The van der Waals surface area contributed by atoms with E-state index >= 15 is 0 Å². The van der Waals surface area contributed by atoms with E-state index in [-0.39, 0.29) is 47.2 Å². The molecule has 0 aromatic heterocycles. The highest BCUT2D eigenvalue weighted by Gasteiger charge is 2.58. The first-order valence-corrected chi connectivity index (χ1v) is 9.15. The minimum absolute atomic E-state index is 0.0142. The van der Waals surface area contributed by atoms with Crippen molar-refractivity contribution in [2.75, 3.05) is 13.7 Å². The fourth-order valence-electron chi connectivity index (χ4n) is 4.34. The molecule has 0 unspecified atom stereocenters. The fraction of sp³-hybridized carbons (Fsp3) is 0.579. The molecule has 1 aliphatic rings. The summed E-state index contributed by atoms with van der Waals surface area (Å²) in [6.45, 7) is 6.03. The average Bonchev–Trinajstić information content (AvgIpc) is 2.68. The number of hydrogen-bond acceptors (Lipinski definition) is 5. The van der Waals surface area contributed by atoms with Crippen LogP contribution in [-0.4, -0.2) is 42.5 Å². The summed E-state index contributed by atoms with van der Waals surface area (Å²) in [6, 6.07) is 5.38. The van der Waals surface area contributed by atoms with Crippen molar-refractivity contribution in [1.29, 1.82) is 0 Å². The Balaban J connectivity index is 1.95. The maximum absolute atomic E-state index is 12.3. The van der Waals surface area contributed by atoms with Gasteiger partial charge in [0.2, 0.25) is 5.91 Å². The zero-order valence-electron chi connectivity index (χ0n) is 16.2. The molecule has 1 aromatic carbocycles. The van der Waals surface area contributed by atoms with E-state index in [0.717, 1.165) is 12.8 Å². The maximum atomic E-state index is 12.3. The number of non-ortho nitro benzene ring substituents is 1. The third-order valence-electron chi connectivity index (χ3n) is 5.80. The molecule has 1 saturated carbocycles. The molecule has 8 nitrogen and oxygen atoms in total. The Morgan fingerprint density at radius 2 is 1.96 bits per heavy atom. The number of nitrogens with one attached hydrogen (secondary N) is 2. The first-order valence-electron chi connectivity index (χ1n) is 9.15. The van der Waals surface area contributed by atoms with E-state index < -0.39 is 10.8 Å². The van der Waals surface area contributed by atoms with E-state index in [1.54, 1.807) is 7.11 Å². The van der Waals surface area contributed by atoms with E-state index in [9.17, 15) is 19.7 Å². The quantitative estimate of drug-likeness (QED) is 0.533. The zero-order valence-corrected chi connectivity index (χ0v) is 16.2. The molecule has 27 heavy (non-hydrogen) atoms. The van der Waals surface area contributed by atoms with Crippen molar-refractivity contribution in [2.24, 2.45) is 11.3 Å². The minimum atomic E-state index is -0.567. The molecule has 1 aliphatic carbocycles. The summed E-state index contributed by atoms with van der Waals surface area (Å²) in [5.41, 5.74) is -0.130. The highest BCUT2D eigenvalue weighted by molar-refractivity contribution is 5.97. The normalized spacial score (nSPS) is 23.2. The third-order valence-corrected chi connectivity index (χ3v) is 5.80. The van der Waals surface area contributed by atoms with Crippen molar-refractivity contribution in [3.63, 3.8) is 0 Å². The molecule has 0 saturated heterocycles. The zero-order chi connectivity index (χ0) is 20.2. The molecule has 0 bridgehead atoms. The van der Waals surface area contributed by atoms with Crippen LogP contribution in [0.2, 0.25) is 0 Å². The molecule has 0 heterocycles. The van der Waals surface area contributed by atoms with Crippen LogP contribution in [0.3, 0.4) is 0 Å². The van der Waals surface area contributed by atoms with Crippen LogP contribution < -0.4 is 10.6 Å². The van der Waals surface area contributed by atoms with Gasteiger partial charge in [0.1, 0.15) is 0 Å². The Morgan fingerprint density at radius 1 is 1.30 bits per heavy atom. The number of benzene rings is 1. The molecule has 0 spiro atoms. The molecular weight excluding hydrogens is 350 g/mol. The molecule has 1 aromatic rings. The van der Waals surface area contributed by atoms with Gasteiger partial charge in [0.15, 0.2) is 0 Å². The van der Waals surface area contributed by atoms with Gasteiger partial charge in [-0.15, -0.1) is 0 Å². The van der Waals surface area contributed by atoms with Crippen molar-refractivity contribution in [3.05, 3.63) is 39.9 Å². The third kappa shape index (κ3) is 3.95. The van der Waals surface area contributed by atoms with Crippen molar-refractivity contribution < 1.29 is 19.2 Å². The van der Waals surface area contributed by atoms with Crippen LogP contribution in [0.1, 0.15) is 44.0 Å². The van der Waals surface area contributed by atoms with Crippen LogP contribution in [0.4, 0.5) is 5.69 Å². The summed E-state index contributed by atoms with van der Waals surface area (Å²) in [6.07, 6.45) is 1.87. The molecule has 3 atom stereocenters. The van der Waals surface area contributed by atoms with E-state index in [1.165, 1.54) is 24.3 Å². The molecule has 148 valence electrons. The summed E-state index contributed by atoms with van der Waals surface area (Å²) in [5, 5.41) is 16.3. The van der Waals surface area contributed by atoms with Crippen LogP contribution in [0.5, 0.6) is 0 Å². The Morgan fingerprint density at radius 3 is 2.52 bits per heavy atom. The van der Waals surface area contributed by atoms with E-state index in [2.05, 4.69) is 24.5 Å². The summed E-state index contributed by atoms with van der Waals surface area (Å²) in [7, 11) is 1.69. The van der Waals surface area contributed by atoms with Crippen molar-refractivity contribution in [1.82, 2.24) is 10.6 Å². The topological polar surface area (TPSA) is 111 Å². The standard InChI is InChI=1S/C19H27N3O5/c1-5-19(6-2)16(12(3)17(19)27-4)21-15(23)11-20-18(24)13-8-7-9-14(10-13)22(25)26/h7-10,12,16-17H,5-6,11H2,1-4H3,(H,20,24)(H,21,23)/t12-,16-,17-/m1/s1. The van der Waals surface area contributed by atoms with Gasteiger partial charge in [-0.25, -0.2) is 0 Å².